The molecule has 1 heterocycles. The second-order valence-electron chi connectivity index (χ2n) is 5.88. The van der Waals surface area contributed by atoms with Gasteiger partial charge in [0.15, 0.2) is 5.11 Å². The van der Waals surface area contributed by atoms with E-state index in [9.17, 15) is 14.7 Å². The van der Waals surface area contributed by atoms with Gasteiger partial charge >= 0.3 is 5.97 Å². The first-order valence-corrected chi connectivity index (χ1v) is 9.11. The van der Waals surface area contributed by atoms with Crippen LogP contribution in [0.1, 0.15) is 11.1 Å². The van der Waals surface area contributed by atoms with Crippen molar-refractivity contribution in [2.24, 2.45) is 0 Å². The van der Waals surface area contributed by atoms with Crippen LogP contribution in [-0.2, 0) is 16.0 Å². The molecule has 1 amide bonds. The summed E-state index contributed by atoms with van der Waals surface area (Å²) in [6, 6.07) is 12.9. The van der Waals surface area contributed by atoms with E-state index in [2.05, 4.69) is 5.32 Å². The van der Waals surface area contributed by atoms with E-state index in [1.54, 1.807) is 36.4 Å². The highest BCUT2D eigenvalue weighted by Crippen LogP contribution is 2.25. The highest BCUT2D eigenvalue weighted by atomic mass is 35.5. The van der Waals surface area contributed by atoms with Gasteiger partial charge in [-0.15, -0.1) is 0 Å². The summed E-state index contributed by atoms with van der Waals surface area (Å²) in [4.78, 5) is 25.7. The lowest BCUT2D eigenvalue weighted by Gasteiger charge is -2.22. The van der Waals surface area contributed by atoms with Gasteiger partial charge in [0, 0.05) is 6.42 Å². The first kappa shape index (κ1) is 19.4. The summed E-state index contributed by atoms with van der Waals surface area (Å²) in [7, 11) is 0. The zero-order chi connectivity index (χ0) is 19.6. The van der Waals surface area contributed by atoms with Crippen LogP contribution in [0.5, 0.6) is 0 Å². The molecule has 3 rings (SSSR count). The lowest BCUT2D eigenvalue weighted by Crippen LogP contribution is -2.46. The molecule has 2 aromatic rings. The summed E-state index contributed by atoms with van der Waals surface area (Å²) >= 11 is 17.1. The van der Waals surface area contributed by atoms with Gasteiger partial charge in [0.1, 0.15) is 11.7 Å². The SMILES string of the molecule is O=C(O)C(Cc1ccccc1)N1C(=O)C(=Cc2ccc(Cl)c(Cl)c2)NC1=S. The van der Waals surface area contributed by atoms with Crippen LogP contribution >= 0.6 is 35.4 Å². The number of hydrogen-bond acceptors (Lipinski definition) is 3. The van der Waals surface area contributed by atoms with Gasteiger partial charge in [-0.05, 0) is 41.6 Å². The molecule has 0 aromatic heterocycles. The van der Waals surface area contributed by atoms with Crippen LogP contribution in [0.2, 0.25) is 10.0 Å². The van der Waals surface area contributed by atoms with Gasteiger partial charge < -0.3 is 10.4 Å². The Morgan fingerprint density at radius 3 is 2.52 bits per heavy atom. The number of halogens is 2. The molecule has 1 fully saturated rings. The van der Waals surface area contributed by atoms with Crippen LogP contribution in [0.3, 0.4) is 0 Å². The number of nitrogens with one attached hydrogen (secondary N) is 1. The van der Waals surface area contributed by atoms with E-state index in [1.165, 1.54) is 0 Å². The Balaban J connectivity index is 1.88. The number of carbonyl (C=O) groups excluding carboxylic acids is 1. The summed E-state index contributed by atoms with van der Waals surface area (Å²) in [6.07, 6.45) is 1.70. The highest BCUT2D eigenvalue weighted by molar-refractivity contribution is 7.80. The Bertz CT molecular complexity index is 947. The van der Waals surface area contributed by atoms with Gasteiger partial charge in [-0.2, -0.15) is 0 Å². The van der Waals surface area contributed by atoms with Gasteiger partial charge in [-0.1, -0.05) is 59.6 Å². The third-order valence-corrected chi connectivity index (χ3v) is 5.07. The van der Waals surface area contributed by atoms with Crippen molar-refractivity contribution in [2.45, 2.75) is 12.5 Å². The largest absolute Gasteiger partial charge is 0.480 e. The average Bonchev–Trinajstić information content (AvgIpc) is 2.90. The maximum Gasteiger partial charge on any atom is 0.327 e. The van der Waals surface area contributed by atoms with E-state index < -0.39 is 17.9 Å². The first-order chi connectivity index (χ1) is 12.9. The molecule has 0 bridgehead atoms. The number of carboxylic acids is 1. The molecule has 1 aliphatic heterocycles. The number of carbonyl (C=O) groups is 2. The molecule has 0 aliphatic carbocycles. The molecular formula is C19H14Cl2N2O3S. The Morgan fingerprint density at radius 2 is 1.89 bits per heavy atom. The molecular weight excluding hydrogens is 407 g/mol. The standard InChI is InChI=1S/C19H14Cl2N2O3S/c20-13-7-6-12(8-14(13)21)9-15-17(24)23(19(27)22-15)16(18(25)26)10-11-4-2-1-3-5-11/h1-9,16H,10H2,(H,22,27)(H,25,26). The van der Waals surface area contributed by atoms with Crippen molar-refractivity contribution in [3.05, 3.63) is 75.4 Å². The van der Waals surface area contributed by atoms with E-state index in [1.807, 2.05) is 18.2 Å². The maximum atomic E-state index is 12.8. The summed E-state index contributed by atoms with van der Waals surface area (Å²) in [5.74, 6) is -1.64. The lowest BCUT2D eigenvalue weighted by molar-refractivity contribution is -0.145. The van der Waals surface area contributed by atoms with Gasteiger partial charge in [0.2, 0.25) is 0 Å². The van der Waals surface area contributed by atoms with Gasteiger partial charge in [0.05, 0.1) is 10.0 Å². The Hall–Kier alpha value is -2.41. The molecule has 8 heteroatoms. The van der Waals surface area contributed by atoms with E-state index >= 15 is 0 Å². The Labute approximate surface area is 171 Å². The third kappa shape index (κ3) is 4.30. The molecule has 2 aromatic carbocycles. The smallest absolute Gasteiger partial charge is 0.327 e. The van der Waals surface area contributed by atoms with Crippen LogP contribution in [-0.4, -0.2) is 33.0 Å². The molecule has 138 valence electrons. The number of thiocarbonyl (C=S) groups is 1. The van der Waals surface area contributed by atoms with Gasteiger partial charge in [0.25, 0.3) is 5.91 Å². The molecule has 0 spiro atoms. The Kier molecular flexibility index (Phi) is 5.79. The topological polar surface area (TPSA) is 69.6 Å². The molecule has 0 saturated carbocycles. The fourth-order valence-corrected chi connectivity index (χ4v) is 3.35. The second-order valence-corrected chi connectivity index (χ2v) is 7.08. The van der Waals surface area contributed by atoms with Crippen LogP contribution in [0.25, 0.3) is 6.08 Å². The van der Waals surface area contributed by atoms with Crippen molar-refractivity contribution >= 4 is 58.5 Å². The zero-order valence-corrected chi connectivity index (χ0v) is 16.2. The van der Waals surface area contributed by atoms with Crippen LogP contribution in [0.4, 0.5) is 0 Å². The lowest BCUT2D eigenvalue weighted by atomic mass is 10.0. The maximum absolute atomic E-state index is 12.8. The van der Waals surface area contributed by atoms with E-state index in [-0.39, 0.29) is 17.2 Å². The number of rotatable bonds is 5. The number of benzene rings is 2. The van der Waals surface area contributed by atoms with Gasteiger partial charge in [-0.3, -0.25) is 9.69 Å². The minimum atomic E-state index is -1.13. The highest BCUT2D eigenvalue weighted by Gasteiger charge is 2.39. The molecule has 5 nitrogen and oxygen atoms in total. The molecule has 1 aliphatic rings. The minimum absolute atomic E-state index is 0.0506. The summed E-state index contributed by atoms with van der Waals surface area (Å²) in [5.41, 5.74) is 1.61. The molecule has 1 saturated heterocycles. The number of hydrogen-bond donors (Lipinski definition) is 2. The number of nitrogens with zero attached hydrogens (tertiary/aromatic N) is 1. The normalized spacial score (nSPS) is 16.5. The van der Waals surface area contributed by atoms with E-state index in [4.69, 9.17) is 35.4 Å². The number of aliphatic carboxylic acids is 1. The predicted molar refractivity (Wildman–Crippen MR) is 109 cm³/mol. The molecule has 1 unspecified atom stereocenters. The van der Waals surface area contributed by atoms with Crippen molar-refractivity contribution in [1.82, 2.24) is 10.2 Å². The monoisotopic (exact) mass is 420 g/mol. The van der Waals surface area contributed by atoms with Crippen LogP contribution in [0.15, 0.2) is 54.2 Å². The van der Waals surface area contributed by atoms with Crippen molar-refractivity contribution in [1.29, 1.82) is 0 Å². The molecule has 2 N–H and O–H groups in total. The average molecular weight is 421 g/mol. The van der Waals surface area contributed by atoms with Crippen LogP contribution in [0, 0.1) is 0 Å². The number of carboxylic acid groups (broad SMARTS) is 1. The van der Waals surface area contributed by atoms with Crippen molar-refractivity contribution in [2.75, 3.05) is 0 Å². The van der Waals surface area contributed by atoms with Crippen molar-refractivity contribution < 1.29 is 14.7 Å². The Morgan fingerprint density at radius 1 is 1.19 bits per heavy atom. The van der Waals surface area contributed by atoms with E-state index in [0.717, 1.165) is 10.5 Å². The number of amides is 1. The zero-order valence-electron chi connectivity index (χ0n) is 13.9. The van der Waals surface area contributed by atoms with Gasteiger partial charge in [-0.25, -0.2) is 4.79 Å². The summed E-state index contributed by atoms with van der Waals surface area (Å²) < 4.78 is 0. The first-order valence-electron chi connectivity index (χ1n) is 7.95. The molecule has 0 radical (unpaired) electrons. The fourth-order valence-electron chi connectivity index (χ4n) is 2.73. The van der Waals surface area contributed by atoms with E-state index in [0.29, 0.717) is 15.6 Å². The predicted octanol–water partition coefficient (Wildman–Crippen LogP) is 3.75. The second kappa shape index (κ2) is 8.08. The minimum Gasteiger partial charge on any atom is -0.480 e. The van der Waals surface area contributed by atoms with Crippen molar-refractivity contribution in [3.8, 4) is 0 Å². The third-order valence-electron chi connectivity index (χ3n) is 4.03. The quantitative estimate of drug-likeness (QED) is 0.569. The summed E-state index contributed by atoms with van der Waals surface area (Å²) in [6.45, 7) is 0. The molecule has 1 atom stereocenters. The molecule has 27 heavy (non-hydrogen) atoms. The van der Waals surface area contributed by atoms with Crippen LogP contribution < -0.4 is 5.32 Å². The fraction of sp³-hybridized carbons (Fsp3) is 0.105. The van der Waals surface area contributed by atoms with Crippen molar-refractivity contribution in [3.63, 3.8) is 0 Å². The summed E-state index contributed by atoms with van der Waals surface area (Å²) in [5, 5.41) is 13.2.